The number of hydrogen-bond donors (Lipinski definition) is 2. The smallest absolute Gasteiger partial charge is 0.290 e. The number of rotatable bonds is 5. The molecular formula is C18H21NO6. The SMILES string of the molecule is COc1cc(C2C(C(C)=O)=C(O)C(=O)N2CC2CCCO2)ccc1O. The van der Waals surface area contributed by atoms with Gasteiger partial charge < -0.3 is 24.6 Å². The van der Waals surface area contributed by atoms with E-state index < -0.39 is 17.7 Å². The summed E-state index contributed by atoms with van der Waals surface area (Å²) < 4.78 is 10.7. The Labute approximate surface area is 145 Å². The Morgan fingerprint density at radius 2 is 2.16 bits per heavy atom. The summed E-state index contributed by atoms with van der Waals surface area (Å²) in [6.45, 7) is 2.25. The molecule has 0 spiro atoms. The van der Waals surface area contributed by atoms with Gasteiger partial charge in [0.25, 0.3) is 5.91 Å². The van der Waals surface area contributed by atoms with Crippen molar-refractivity contribution < 1.29 is 29.3 Å². The molecule has 0 radical (unpaired) electrons. The van der Waals surface area contributed by atoms with E-state index in [0.717, 1.165) is 12.8 Å². The van der Waals surface area contributed by atoms with Gasteiger partial charge in [0, 0.05) is 13.2 Å². The molecule has 2 aliphatic rings. The summed E-state index contributed by atoms with van der Waals surface area (Å²) in [4.78, 5) is 26.1. The molecule has 25 heavy (non-hydrogen) atoms. The number of ketones is 1. The number of phenols is 1. The molecule has 134 valence electrons. The zero-order valence-electron chi connectivity index (χ0n) is 14.2. The van der Waals surface area contributed by atoms with Crippen LogP contribution in [0, 0.1) is 0 Å². The van der Waals surface area contributed by atoms with Crippen molar-refractivity contribution in [3.63, 3.8) is 0 Å². The summed E-state index contributed by atoms with van der Waals surface area (Å²) in [7, 11) is 1.42. The zero-order valence-corrected chi connectivity index (χ0v) is 14.2. The number of phenolic OH excluding ortho intramolecular Hbond substituents is 1. The second-order valence-electron chi connectivity index (χ2n) is 6.24. The largest absolute Gasteiger partial charge is 0.504 e. The van der Waals surface area contributed by atoms with E-state index in [9.17, 15) is 19.8 Å². The molecule has 1 aromatic rings. The highest BCUT2D eigenvalue weighted by molar-refractivity contribution is 6.08. The number of aliphatic hydroxyl groups is 1. The van der Waals surface area contributed by atoms with Gasteiger partial charge in [-0.2, -0.15) is 0 Å². The van der Waals surface area contributed by atoms with Gasteiger partial charge in [-0.1, -0.05) is 6.07 Å². The highest BCUT2D eigenvalue weighted by Crippen LogP contribution is 2.40. The minimum absolute atomic E-state index is 0.0428. The average molecular weight is 347 g/mol. The predicted octanol–water partition coefficient (Wildman–Crippen LogP) is 1.86. The number of benzene rings is 1. The normalized spacial score (nSPS) is 23.4. The number of carbonyl (C=O) groups is 2. The zero-order chi connectivity index (χ0) is 18.1. The van der Waals surface area contributed by atoms with E-state index in [1.54, 1.807) is 12.1 Å². The molecule has 2 aliphatic heterocycles. The van der Waals surface area contributed by atoms with Crippen LogP contribution in [-0.4, -0.2) is 53.2 Å². The number of hydrogen-bond acceptors (Lipinski definition) is 6. The van der Waals surface area contributed by atoms with E-state index in [0.29, 0.717) is 12.2 Å². The van der Waals surface area contributed by atoms with Crippen LogP contribution in [0.5, 0.6) is 11.5 Å². The van der Waals surface area contributed by atoms with Crippen LogP contribution in [0.15, 0.2) is 29.5 Å². The number of amides is 1. The molecule has 0 aromatic heterocycles. The van der Waals surface area contributed by atoms with Crippen molar-refractivity contribution in [3.8, 4) is 11.5 Å². The Morgan fingerprint density at radius 1 is 1.40 bits per heavy atom. The fourth-order valence-electron chi connectivity index (χ4n) is 3.42. The molecule has 2 N–H and O–H groups in total. The summed E-state index contributed by atoms with van der Waals surface area (Å²) in [5, 5.41) is 20.0. The standard InChI is InChI=1S/C18H21NO6/c1-10(20)15-16(11-5-6-13(21)14(8-11)24-2)19(18(23)17(15)22)9-12-4-3-7-25-12/h5-6,8,12,16,21-22H,3-4,7,9H2,1-2H3. The molecule has 2 heterocycles. The summed E-state index contributed by atoms with van der Waals surface area (Å²) in [6, 6.07) is 3.89. The van der Waals surface area contributed by atoms with Crippen molar-refractivity contribution in [3.05, 3.63) is 35.1 Å². The van der Waals surface area contributed by atoms with Crippen molar-refractivity contribution >= 4 is 11.7 Å². The third-order valence-corrected chi connectivity index (χ3v) is 4.63. The fourth-order valence-corrected chi connectivity index (χ4v) is 3.42. The van der Waals surface area contributed by atoms with Crippen molar-refractivity contribution in [2.24, 2.45) is 0 Å². The maximum absolute atomic E-state index is 12.5. The fraction of sp³-hybridized carbons (Fsp3) is 0.444. The maximum atomic E-state index is 12.5. The Morgan fingerprint density at radius 3 is 2.76 bits per heavy atom. The number of carbonyl (C=O) groups excluding carboxylic acids is 2. The van der Waals surface area contributed by atoms with Gasteiger partial charge in [-0.15, -0.1) is 0 Å². The van der Waals surface area contributed by atoms with Crippen molar-refractivity contribution in [1.82, 2.24) is 4.90 Å². The lowest BCUT2D eigenvalue weighted by atomic mass is 9.96. The van der Waals surface area contributed by atoms with E-state index in [1.165, 1.54) is 25.0 Å². The molecule has 2 unspecified atom stereocenters. The van der Waals surface area contributed by atoms with Gasteiger partial charge >= 0.3 is 0 Å². The van der Waals surface area contributed by atoms with Gasteiger partial charge in [0.1, 0.15) is 0 Å². The van der Waals surface area contributed by atoms with Gasteiger partial charge in [-0.05, 0) is 37.5 Å². The van der Waals surface area contributed by atoms with Crippen molar-refractivity contribution in [1.29, 1.82) is 0 Å². The number of methoxy groups -OCH3 is 1. The lowest BCUT2D eigenvalue weighted by molar-refractivity contribution is -0.131. The Balaban J connectivity index is 2.02. The van der Waals surface area contributed by atoms with Gasteiger partial charge in [-0.25, -0.2) is 0 Å². The van der Waals surface area contributed by atoms with Crippen LogP contribution in [0.3, 0.4) is 0 Å². The quantitative estimate of drug-likeness (QED) is 0.844. The molecule has 1 saturated heterocycles. The topological polar surface area (TPSA) is 96.3 Å². The van der Waals surface area contributed by atoms with E-state index in [4.69, 9.17) is 9.47 Å². The first kappa shape index (κ1) is 17.3. The lowest BCUT2D eigenvalue weighted by Crippen LogP contribution is -2.37. The molecule has 2 atom stereocenters. The molecule has 3 rings (SSSR count). The number of ether oxygens (including phenoxy) is 2. The Kier molecular flexibility index (Phi) is 4.67. The van der Waals surface area contributed by atoms with E-state index in [2.05, 4.69) is 0 Å². The number of aromatic hydroxyl groups is 1. The Bertz CT molecular complexity index is 735. The monoisotopic (exact) mass is 347 g/mol. The second kappa shape index (κ2) is 6.76. The molecule has 1 fully saturated rings. The molecule has 1 aromatic carbocycles. The first-order valence-electron chi connectivity index (χ1n) is 8.17. The Hall–Kier alpha value is -2.54. The van der Waals surface area contributed by atoms with Crippen LogP contribution in [0.2, 0.25) is 0 Å². The lowest BCUT2D eigenvalue weighted by Gasteiger charge is -2.29. The third kappa shape index (κ3) is 3.07. The summed E-state index contributed by atoms with van der Waals surface area (Å²) in [5.41, 5.74) is 0.631. The van der Waals surface area contributed by atoms with Crippen LogP contribution >= 0.6 is 0 Å². The number of aliphatic hydroxyl groups excluding tert-OH is 1. The van der Waals surface area contributed by atoms with Gasteiger partial charge in [0.05, 0.1) is 24.8 Å². The molecule has 1 amide bonds. The first-order chi connectivity index (χ1) is 11.9. The van der Waals surface area contributed by atoms with Crippen molar-refractivity contribution in [2.75, 3.05) is 20.3 Å². The number of nitrogens with zero attached hydrogens (tertiary/aromatic N) is 1. The minimum Gasteiger partial charge on any atom is -0.504 e. The highest BCUT2D eigenvalue weighted by Gasteiger charge is 2.43. The van der Waals surface area contributed by atoms with E-state index in [1.807, 2.05) is 0 Å². The van der Waals surface area contributed by atoms with Gasteiger partial charge in [0.2, 0.25) is 0 Å². The second-order valence-corrected chi connectivity index (χ2v) is 6.24. The molecule has 0 saturated carbocycles. The molecule has 0 aliphatic carbocycles. The number of Topliss-reactive ketones (excluding diaryl/α,β-unsaturated/α-hetero) is 1. The van der Waals surface area contributed by atoms with Crippen LogP contribution in [0.25, 0.3) is 0 Å². The average Bonchev–Trinajstić information content (AvgIpc) is 3.17. The summed E-state index contributed by atoms with van der Waals surface area (Å²) in [5.74, 6) is -1.30. The van der Waals surface area contributed by atoms with E-state index in [-0.39, 0.29) is 35.5 Å². The molecular weight excluding hydrogens is 326 g/mol. The predicted molar refractivity (Wildman–Crippen MR) is 88.4 cm³/mol. The van der Waals surface area contributed by atoms with Crippen LogP contribution in [0.1, 0.15) is 31.4 Å². The van der Waals surface area contributed by atoms with Gasteiger partial charge in [-0.3, -0.25) is 9.59 Å². The maximum Gasteiger partial charge on any atom is 0.290 e. The molecule has 0 bridgehead atoms. The van der Waals surface area contributed by atoms with Crippen molar-refractivity contribution in [2.45, 2.75) is 31.9 Å². The third-order valence-electron chi connectivity index (χ3n) is 4.63. The van der Waals surface area contributed by atoms with E-state index >= 15 is 0 Å². The molecule has 7 nitrogen and oxygen atoms in total. The van der Waals surface area contributed by atoms with Gasteiger partial charge in [0.15, 0.2) is 23.0 Å². The van der Waals surface area contributed by atoms with Crippen LogP contribution in [0.4, 0.5) is 0 Å². The van der Waals surface area contributed by atoms with Crippen LogP contribution in [-0.2, 0) is 14.3 Å². The first-order valence-corrected chi connectivity index (χ1v) is 8.17. The summed E-state index contributed by atoms with van der Waals surface area (Å²) in [6.07, 6.45) is 1.62. The molecule has 7 heteroatoms. The summed E-state index contributed by atoms with van der Waals surface area (Å²) >= 11 is 0. The van der Waals surface area contributed by atoms with Crippen LogP contribution < -0.4 is 4.74 Å². The minimum atomic E-state index is -0.733. The highest BCUT2D eigenvalue weighted by atomic mass is 16.5.